The number of benzene rings is 1. The molecule has 0 spiro atoms. The number of aromatic hydroxyl groups is 1. The standard InChI is InChI=1S/C9H11NO3/c1-6(9(10)12)13-8-4-2-3-7(11)5-8/h2-6,11H,1H3,(H2,10,12)/t6-/m0/s1. The van der Waals surface area contributed by atoms with Crippen molar-refractivity contribution in [3.8, 4) is 11.5 Å². The summed E-state index contributed by atoms with van der Waals surface area (Å²) in [6.07, 6.45) is -0.693. The van der Waals surface area contributed by atoms with E-state index in [2.05, 4.69) is 0 Å². The number of ether oxygens (including phenoxy) is 1. The summed E-state index contributed by atoms with van der Waals surface area (Å²) < 4.78 is 5.12. The molecular formula is C9H11NO3. The van der Waals surface area contributed by atoms with Crippen LogP contribution in [0.15, 0.2) is 24.3 Å². The summed E-state index contributed by atoms with van der Waals surface area (Å²) in [6, 6.07) is 6.19. The van der Waals surface area contributed by atoms with Crippen molar-refractivity contribution < 1.29 is 14.6 Å². The van der Waals surface area contributed by atoms with Gasteiger partial charge in [0, 0.05) is 6.07 Å². The lowest BCUT2D eigenvalue weighted by Crippen LogP contribution is -2.30. The molecule has 0 bridgehead atoms. The SMILES string of the molecule is C[C@H](Oc1cccc(O)c1)C(N)=O. The van der Waals surface area contributed by atoms with Gasteiger partial charge in [0.15, 0.2) is 6.10 Å². The number of carbonyl (C=O) groups excluding carboxylic acids is 1. The van der Waals surface area contributed by atoms with Gasteiger partial charge in [-0.15, -0.1) is 0 Å². The molecule has 0 saturated heterocycles. The second kappa shape index (κ2) is 3.80. The van der Waals surface area contributed by atoms with Gasteiger partial charge in [-0.05, 0) is 19.1 Å². The molecule has 1 atom stereocenters. The first-order valence-corrected chi connectivity index (χ1v) is 3.84. The maximum atomic E-state index is 10.6. The fourth-order valence-corrected chi connectivity index (χ4v) is 0.819. The molecule has 1 aromatic carbocycles. The maximum absolute atomic E-state index is 10.6. The molecule has 0 aliphatic rings. The van der Waals surface area contributed by atoms with Gasteiger partial charge in [0.1, 0.15) is 11.5 Å². The third kappa shape index (κ3) is 2.66. The second-order valence-corrected chi connectivity index (χ2v) is 2.66. The molecule has 1 aromatic rings. The van der Waals surface area contributed by atoms with Gasteiger partial charge >= 0.3 is 0 Å². The smallest absolute Gasteiger partial charge is 0.258 e. The Labute approximate surface area is 75.9 Å². The molecule has 0 aromatic heterocycles. The lowest BCUT2D eigenvalue weighted by Gasteiger charge is -2.10. The van der Waals surface area contributed by atoms with E-state index >= 15 is 0 Å². The lowest BCUT2D eigenvalue weighted by molar-refractivity contribution is -0.123. The van der Waals surface area contributed by atoms with Gasteiger partial charge in [0.25, 0.3) is 5.91 Å². The van der Waals surface area contributed by atoms with E-state index in [0.717, 1.165) is 0 Å². The van der Waals surface area contributed by atoms with E-state index in [1.807, 2.05) is 0 Å². The zero-order chi connectivity index (χ0) is 9.84. The molecule has 4 heteroatoms. The number of hydrogen-bond donors (Lipinski definition) is 2. The first-order valence-electron chi connectivity index (χ1n) is 3.84. The van der Waals surface area contributed by atoms with E-state index in [9.17, 15) is 4.79 Å². The van der Waals surface area contributed by atoms with E-state index < -0.39 is 12.0 Å². The summed E-state index contributed by atoms with van der Waals surface area (Å²) in [5.74, 6) is -0.0242. The zero-order valence-corrected chi connectivity index (χ0v) is 7.23. The fourth-order valence-electron chi connectivity index (χ4n) is 0.819. The number of hydrogen-bond acceptors (Lipinski definition) is 3. The van der Waals surface area contributed by atoms with E-state index in [1.165, 1.54) is 12.1 Å². The van der Waals surface area contributed by atoms with Crippen molar-refractivity contribution in [2.75, 3.05) is 0 Å². The molecule has 13 heavy (non-hydrogen) atoms. The average molecular weight is 181 g/mol. The highest BCUT2D eigenvalue weighted by Gasteiger charge is 2.09. The monoisotopic (exact) mass is 181 g/mol. The van der Waals surface area contributed by atoms with Crippen LogP contribution in [0.5, 0.6) is 11.5 Å². The van der Waals surface area contributed by atoms with Crippen molar-refractivity contribution in [2.24, 2.45) is 5.73 Å². The average Bonchev–Trinajstić information content (AvgIpc) is 2.04. The largest absolute Gasteiger partial charge is 0.508 e. The number of carbonyl (C=O) groups is 1. The summed E-state index contributed by atoms with van der Waals surface area (Å²) in [5.41, 5.74) is 5.00. The predicted octanol–water partition coefficient (Wildman–Crippen LogP) is 0.645. The van der Waals surface area contributed by atoms with Crippen LogP contribution in [0.3, 0.4) is 0 Å². The highest BCUT2D eigenvalue weighted by molar-refractivity contribution is 5.78. The molecule has 1 rings (SSSR count). The second-order valence-electron chi connectivity index (χ2n) is 2.66. The van der Waals surface area contributed by atoms with Crippen molar-refractivity contribution in [3.63, 3.8) is 0 Å². The highest BCUT2D eigenvalue weighted by atomic mass is 16.5. The summed E-state index contributed by atoms with van der Waals surface area (Å²) in [7, 11) is 0. The molecule has 0 unspecified atom stereocenters. The third-order valence-corrected chi connectivity index (χ3v) is 1.53. The van der Waals surface area contributed by atoms with Crippen LogP contribution in [0, 0.1) is 0 Å². The van der Waals surface area contributed by atoms with E-state index in [4.69, 9.17) is 15.6 Å². The Balaban J connectivity index is 2.69. The van der Waals surface area contributed by atoms with Gasteiger partial charge < -0.3 is 15.6 Å². The van der Waals surface area contributed by atoms with E-state index in [-0.39, 0.29) is 5.75 Å². The fraction of sp³-hybridized carbons (Fsp3) is 0.222. The van der Waals surface area contributed by atoms with Gasteiger partial charge in [-0.2, -0.15) is 0 Å². The minimum Gasteiger partial charge on any atom is -0.508 e. The van der Waals surface area contributed by atoms with Crippen LogP contribution < -0.4 is 10.5 Å². The Hall–Kier alpha value is -1.71. The van der Waals surface area contributed by atoms with Crippen molar-refractivity contribution in [1.82, 2.24) is 0 Å². The number of primary amides is 1. The molecule has 0 heterocycles. The summed E-state index contributed by atoms with van der Waals surface area (Å²) in [5, 5.41) is 9.07. The molecule has 3 N–H and O–H groups in total. The number of rotatable bonds is 3. The number of nitrogens with two attached hydrogens (primary N) is 1. The zero-order valence-electron chi connectivity index (χ0n) is 7.23. The molecule has 0 aliphatic heterocycles. The quantitative estimate of drug-likeness (QED) is 0.718. The highest BCUT2D eigenvalue weighted by Crippen LogP contribution is 2.18. The summed E-state index contributed by atoms with van der Waals surface area (Å²) in [6.45, 7) is 1.55. The minimum absolute atomic E-state index is 0.0918. The Morgan fingerprint density at radius 2 is 2.31 bits per heavy atom. The van der Waals surface area contributed by atoms with Gasteiger partial charge in [0.05, 0.1) is 0 Å². The summed E-state index contributed by atoms with van der Waals surface area (Å²) >= 11 is 0. The van der Waals surface area contributed by atoms with Crippen LogP contribution >= 0.6 is 0 Å². The first-order chi connectivity index (χ1) is 6.09. The summed E-state index contributed by atoms with van der Waals surface area (Å²) in [4.78, 5) is 10.6. The van der Waals surface area contributed by atoms with Crippen molar-refractivity contribution >= 4 is 5.91 Å². The van der Waals surface area contributed by atoms with Gasteiger partial charge in [0.2, 0.25) is 0 Å². The topological polar surface area (TPSA) is 72.6 Å². The van der Waals surface area contributed by atoms with Crippen LogP contribution in [0.25, 0.3) is 0 Å². The first kappa shape index (κ1) is 9.38. The van der Waals surface area contributed by atoms with Gasteiger partial charge in [-0.1, -0.05) is 6.07 Å². The Morgan fingerprint density at radius 3 is 2.85 bits per heavy atom. The van der Waals surface area contributed by atoms with Crippen LogP contribution in [0.4, 0.5) is 0 Å². The molecule has 0 saturated carbocycles. The van der Waals surface area contributed by atoms with Crippen LogP contribution in [0.1, 0.15) is 6.92 Å². The Morgan fingerprint density at radius 1 is 1.62 bits per heavy atom. The molecular weight excluding hydrogens is 170 g/mol. The van der Waals surface area contributed by atoms with E-state index in [1.54, 1.807) is 19.1 Å². The molecule has 4 nitrogen and oxygen atoms in total. The molecule has 70 valence electrons. The van der Waals surface area contributed by atoms with Crippen molar-refractivity contribution in [3.05, 3.63) is 24.3 Å². The van der Waals surface area contributed by atoms with Crippen molar-refractivity contribution in [2.45, 2.75) is 13.0 Å². The molecule has 0 aliphatic carbocycles. The Kier molecular flexibility index (Phi) is 2.74. The molecule has 0 fully saturated rings. The molecule has 1 amide bonds. The Bertz CT molecular complexity index is 311. The van der Waals surface area contributed by atoms with Gasteiger partial charge in [-0.25, -0.2) is 0 Å². The number of amides is 1. The minimum atomic E-state index is -0.693. The van der Waals surface area contributed by atoms with Crippen molar-refractivity contribution in [1.29, 1.82) is 0 Å². The van der Waals surface area contributed by atoms with Crippen LogP contribution in [0.2, 0.25) is 0 Å². The van der Waals surface area contributed by atoms with Crippen LogP contribution in [-0.4, -0.2) is 17.1 Å². The number of phenols is 1. The van der Waals surface area contributed by atoms with E-state index in [0.29, 0.717) is 5.75 Å². The number of phenolic OH excluding ortho intramolecular Hbond substituents is 1. The predicted molar refractivity (Wildman–Crippen MR) is 47.4 cm³/mol. The lowest BCUT2D eigenvalue weighted by atomic mass is 10.3. The third-order valence-electron chi connectivity index (χ3n) is 1.53. The normalized spacial score (nSPS) is 12.1. The molecule has 0 radical (unpaired) electrons. The maximum Gasteiger partial charge on any atom is 0.258 e. The van der Waals surface area contributed by atoms with Crippen LogP contribution in [-0.2, 0) is 4.79 Å². The van der Waals surface area contributed by atoms with Gasteiger partial charge in [-0.3, -0.25) is 4.79 Å².